The topological polar surface area (TPSA) is 50.8 Å². The Balaban J connectivity index is 1.81. The molecule has 1 amide bonds. The van der Waals surface area contributed by atoms with Crippen molar-refractivity contribution in [2.24, 2.45) is 0 Å². The molecule has 1 aromatic rings. The minimum atomic E-state index is -0.532. The molecule has 1 unspecified atom stereocenters. The highest BCUT2D eigenvalue weighted by Crippen LogP contribution is 2.20. The van der Waals surface area contributed by atoms with Crippen molar-refractivity contribution < 1.29 is 14.3 Å². The number of hydrogen-bond donors (Lipinski definition) is 1. The second-order valence-electron chi connectivity index (χ2n) is 7.01. The van der Waals surface area contributed by atoms with Gasteiger partial charge in [0.1, 0.15) is 11.5 Å². The fourth-order valence-electron chi connectivity index (χ4n) is 2.97. The van der Waals surface area contributed by atoms with E-state index in [2.05, 4.69) is 24.1 Å². The van der Waals surface area contributed by atoms with Crippen LogP contribution in [0.3, 0.4) is 0 Å². The van der Waals surface area contributed by atoms with Crippen molar-refractivity contribution in [3.63, 3.8) is 0 Å². The smallest absolute Gasteiger partial charge is 0.260 e. The molecule has 1 saturated heterocycles. The fourth-order valence-corrected chi connectivity index (χ4v) is 2.97. The number of hydrogen-bond acceptors (Lipinski definition) is 4. The average molecular weight is 334 g/mol. The number of carbonyl (C=O) groups excluding carboxylic acids is 1. The van der Waals surface area contributed by atoms with Crippen molar-refractivity contribution in [2.75, 3.05) is 26.7 Å². The molecule has 0 bridgehead atoms. The first-order chi connectivity index (χ1) is 11.4. The molecule has 1 atom stereocenters. The maximum absolute atomic E-state index is 12.3. The number of rotatable bonds is 7. The molecule has 5 heteroatoms. The van der Waals surface area contributed by atoms with E-state index in [4.69, 9.17) is 9.47 Å². The van der Waals surface area contributed by atoms with Crippen LogP contribution in [0.15, 0.2) is 24.3 Å². The lowest BCUT2D eigenvalue weighted by molar-refractivity contribution is -0.127. The molecule has 0 aromatic heterocycles. The van der Waals surface area contributed by atoms with Crippen molar-refractivity contribution in [3.8, 4) is 11.5 Å². The van der Waals surface area contributed by atoms with E-state index in [1.165, 1.54) is 19.3 Å². The Labute approximate surface area is 145 Å². The highest BCUT2D eigenvalue weighted by atomic mass is 16.5. The second-order valence-corrected chi connectivity index (χ2v) is 7.01. The predicted octanol–water partition coefficient (Wildman–Crippen LogP) is 2.84. The van der Waals surface area contributed by atoms with E-state index in [9.17, 15) is 4.79 Å². The van der Waals surface area contributed by atoms with Gasteiger partial charge >= 0.3 is 0 Å². The number of likely N-dealkylation sites (tertiary alicyclic amines) is 1. The van der Waals surface area contributed by atoms with Gasteiger partial charge in [-0.15, -0.1) is 0 Å². The van der Waals surface area contributed by atoms with Crippen molar-refractivity contribution in [3.05, 3.63) is 24.3 Å². The number of amides is 1. The lowest BCUT2D eigenvalue weighted by Gasteiger charge is -2.41. The summed E-state index contributed by atoms with van der Waals surface area (Å²) >= 11 is 0. The molecule has 0 saturated carbocycles. The van der Waals surface area contributed by atoms with Crippen molar-refractivity contribution in [1.82, 2.24) is 10.2 Å². The Morgan fingerprint density at radius 1 is 1.17 bits per heavy atom. The van der Waals surface area contributed by atoms with Gasteiger partial charge in [0, 0.05) is 12.1 Å². The molecule has 1 heterocycles. The number of carbonyl (C=O) groups is 1. The third kappa shape index (κ3) is 5.13. The third-order valence-electron chi connectivity index (χ3n) is 4.65. The number of nitrogens with zero attached hydrogens (tertiary/aromatic N) is 1. The summed E-state index contributed by atoms with van der Waals surface area (Å²) < 4.78 is 10.8. The van der Waals surface area contributed by atoms with E-state index in [0.717, 1.165) is 18.8 Å². The van der Waals surface area contributed by atoms with Crippen LogP contribution >= 0.6 is 0 Å². The van der Waals surface area contributed by atoms with E-state index in [-0.39, 0.29) is 11.4 Å². The van der Waals surface area contributed by atoms with Gasteiger partial charge in [-0.1, -0.05) is 6.42 Å². The minimum absolute atomic E-state index is 0.0318. The summed E-state index contributed by atoms with van der Waals surface area (Å²) in [5.74, 6) is 1.34. The SMILES string of the molecule is COc1ccc(OC(C)C(=O)NCC(C)(C)N2CCCCC2)cc1. The zero-order valence-corrected chi connectivity index (χ0v) is 15.3. The summed E-state index contributed by atoms with van der Waals surface area (Å²) in [6, 6.07) is 7.25. The average Bonchev–Trinajstić information content (AvgIpc) is 2.61. The number of benzene rings is 1. The largest absolute Gasteiger partial charge is 0.497 e. The van der Waals surface area contributed by atoms with Gasteiger partial charge in [-0.2, -0.15) is 0 Å². The molecule has 1 aromatic carbocycles. The zero-order chi connectivity index (χ0) is 17.6. The summed E-state index contributed by atoms with van der Waals surface area (Å²) in [5, 5.41) is 3.03. The van der Waals surface area contributed by atoms with Crippen molar-refractivity contribution >= 4 is 5.91 Å². The Bertz CT molecular complexity index is 522. The molecule has 1 aliphatic heterocycles. The summed E-state index contributed by atoms with van der Waals surface area (Å²) in [7, 11) is 1.62. The molecule has 1 N–H and O–H groups in total. The maximum Gasteiger partial charge on any atom is 0.260 e. The molecule has 2 rings (SSSR count). The Kier molecular flexibility index (Phi) is 6.49. The van der Waals surface area contributed by atoms with Gasteiger partial charge in [0.05, 0.1) is 7.11 Å². The first-order valence-electron chi connectivity index (χ1n) is 8.76. The van der Waals surface area contributed by atoms with Gasteiger partial charge in [0.25, 0.3) is 5.91 Å². The summed E-state index contributed by atoms with van der Waals surface area (Å²) in [4.78, 5) is 14.8. The first kappa shape index (κ1) is 18.6. The molecule has 134 valence electrons. The summed E-state index contributed by atoms with van der Waals surface area (Å²) in [6.07, 6.45) is 3.27. The summed E-state index contributed by atoms with van der Waals surface area (Å²) in [5.41, 5.74) is -0.0318. The monoisotopic (exact) mass is 334 g/mol. The van der Waals surface area contributed by atoms with Crippen molar-refractivity contribution in [2.45, 2.75) is 51.7 Å². The first-order valence-corrected chi connectivity index (χ1v) is 8.76. The lowest BCUT2D eigenvalue weighted by Crippen LogP contribution is -2.54. The highest BCUT2D eigenvalue weighted by Gasteiger charge is 2.29. The third-order valence-corrected chi connectivity index (χ3v) is 4.65. The van der Waals surface area contributed by atoms with E-state index in [1.807, 2.05) is 12.1 Å². The molecule has 5 nitrogen and oxygen atoms in total. The van der Waals surface area contributed by atoms with Crippen LogP contribution in [0.1, 0.15) is 40.0 Å². The lowest BCUT2D eigenvalue weighted by atomic mass is 9.98. The summed E-state index contributed by atoms with van der Waals surface area (Å²) in [6.45, 7) is 9.00. The number of ether oxygens (including phenoxy) is 2. The van der Waals surface area contributed by atoms with E-state index < -0.39 is 6.10 Å². The van der Waals surface area contributed by atoms with Gasteiger partial charge in [0.15, 0.2) is 6.10 Å². The van der Waals surface area contributed by atoms with E-state index in [1.54, 1.807) is 26.2 Å². The van der Waals surface area contributed by atoms with Gasteiger partial charge in [-0.3, -0.25) is 9.69 Å². The highest BCUT2D eigenvalue weighted by molar-refractivity contribution is 5.80. The normalized spacial score (nSPS) is 17.2. The van der Waals surface area contributed by atoms with Crippen LogP contribution in [0.2, 0.25) is 0 Å². The predicted molar refractivity (Wildman–Crippen MR) is 95.6 cm³/mol. The minimum Gasteiger partial charge on any atom is -0.497 e. The fraction of sp³-hybridized carbons (Fsp3) is 0.632. The molecule has 24 heavy (non-hydrogen) atoms. The van der Waals surface area contributed by atoms with Gasteiger partial charge in [-0.05, 0) is 71.0 Å². The molecule has 0 radical (unpaired) electrons. The van der Waals surface area contributed by atoms with E-state index >= 15 is 0 Å². The van der Waals surface area contributed by atoms with Crippen LogP contribution in [0.25, 0.3) is 0 Å². The number of nitrogens with one attached hydrogen (secondary N) is 1. The van der Waals surface area contributed by atoms with Crippen LogP contribution in [0.5, 0.6) is 11.5 Å². The number of piperidine rings is 1. The molecule has 0 aliphatic carbocycles. The standard InChI is InChI=1S/C19H30N2O3/c1-15(24-17-10-8-16(23-4)9-11-17)18(22)20-14-19(2,3)21-12-6-5-7-13-21/h8-11,15H,5-7,12-14H2,1-4H3,(H,20,22). The van der Waals surface area contributed by atoms with E-state index in [0.29, 0.717) is 12.3 Å². The zero-order valence-electron chi connectivity index (χ0n) is 15.3. The molecule has 1 fully saturated rings. The van der Waals surface area contributed by atoms with Crippen LogP contribution in [0, 0.1) is 0 Å². The second kappa shape index (κ2) is 8.38. The Morgan fingerprint density at radius 3 is 2.33 bits per heavy atom. The number of methoxy groups -OCH3 is 1. The maximum atomic E-state index is 12.3. The van der Waals surface area contributed by atoms with Crippen LogP contribution in [-0.2, 0) is 4.79 Å². The van der Waals surface area contributed by atoms with Crippen LogP contribution < -0.4 is 14.8 Å². The van der Waals surface area contributed by atoms with Gasteiger partial charge in [0.2, 0.25) is 0 Å². The quantitative estimate of drug-likeness (QED) is 0.833. The van der Waals surface area contributed by atoms with Gasteiger partial charge in [-0.25, -0.2) is 0 Å². The molecule has 0 spiro atoms. The Morgan fingerprint density at radius 2 is 1.75 bits per heavy atom. The molecule has 1 aliphatic rings. The molecular formula is C19H30N2O3. The Hall–Kier alpha value is -1.75. The van der Waals surface area contributed by atoms with Gasteiger partial charge < -0.3 is 14.8 Å². The van der Waals surface area contributed by atoms with Crippen LogP contribution in [0.4, 0.5) is 0 Å². The van der Waals surface area contributed by atoms with Crippen LogP contribution in [-0.4, -0.2) is 49.2 Å². The molecular weight excluding hydrogens is 304 g/mol. The van der Waals surface area contributed by atoms with Crippen molar-refractivity contribution in [1.29, 1.82) is 0 Å².